The van der Waals surface area contributed by atoms with Gasteiger partial charge in [-0.3, -0.25) is 9.48 Å². The summed E-state index contributed by atoms with van der Waals surface area (Å²) in [5.41, 5.74) is 7.29. The monoisotopic (exact) mass is 471 g/mol. The molecule has 4 aromatic rings. The second kappa shape index (κ2) is 9.46. The van der Waals surface area contributed by atoms with Gasteiger partial charge < -0.3 is 14.5 Å². The SMILES string of the molecule is CCn1nc(-c2nc(-c3cc(C)c(CCN4CC(C(=O)O)C4)c(C)c3)no2)cc1-c1ccccc1. The predicted octanol–water partition coefficient (Wildman–Crippen LogP) is 4.46. The van der Waals surface area contributed by atoms with E-state index < -0.39 is 5.97 Å². The largest absolute Gasteiger partial charge is 0.481 e. The number of aromatic nitrogens is 4. The van der Waals surface area contributed by atoms with Crippen molar-refractivity contribution in [1.82, 2.24) is 24.8 Å². The Hall–Kier alpha value is -3.78. The van der Waals surface area contributed by atoms with E-state index in [1.807, 2.05) is 28.9 Å². The van der Waals surface area contributed by atoms with Gasteiger partial charge >= 0.3 is 5.97 Å². The normalized spacial score (nSPS) is 14.3. The molecule has 0 atom stereocenters. The smallest absolute Gasteiger partial charge is 0.309 e. The van der Waals surface area contributed by atoms with Crippen LogP contribution >= 0.6 is 0 Å². The number of carbonyl (C=O) groups is 1. The van der Waals surface area contributed by atoms with Gasteiger partial charge in [0.25, 0.3) is 5.89 Å². The molecule has 0 saturated carbocycles. The molecular weight excluding hydrogens is 442 g/mol. The second-order valence-corrected chi connectivity index (χ2v) is 9.15. The summed E-state index contributed by atoms with van der Waals surface area (Å²) in [7, 11) is 0. The molecular formula is C27H29N5O3. The van der Waals surface area contributed by atoms with E-state index >= 15 is 0 Å². The van der Waals surface area contributed by atoms with Crippen LogP contribution in [-0.2, 0) is 17.8 Å². The summed E-state index contributed by atoms with van der Waals surface area (Å²) in [5, 5.41) is 18.0. The van der Waals surface area contributed by atoms with Crippen LogP contribution < -0.4 is 0 Å². The molecule has 0 radical (unpaired) electrons. The zero-order chi connectivity index (χ0) is 24.5. The summed E-state index contributed by atoms with van der Waals surface area (Å²) < 4.78 is 7.54. The number of carboxylic acid groups (broad SMARTS) is 1. The number of rotatable bonds is 8. The highest BCUT2D eigenvalue weighted by Crippen LogP contribution is 2.29. The molecule has 0 spiro atoms. The third-order valence-electron chi connectivity index (χ3n) is 6.73. The van der Waals surface area contributed by atoms with Crippen molar-refractivity contribution in [1.29, 1.82) is 0 Å². The van der Waals surface area contributed by atoms with Crippen LogP contribution in [0.5, 0.6) is 0 Å². The lowest BCUT2D eigenvalue weighted by atomic mass is 9.94. The number of likely N-dealkylation sites (tertiary alicyclic amines) is 1. The first-order valence-corrected chi connectivity index (χ1v) is 12.0. The fraction of sp³-hybridized carbons (Fsp3) is 0.333. The number of benzene rings is 2. The minimum absolute atomic E-state index is 0.223. The molecule has 2 aromatic heterocycles. The molecule has 2 aromatic carbocycles. The molecule has 0 unspecified atom stereocenters. The highest BCUT2D eigenvalue weighted by atomic mass is 16.5. The zero-order valence-electron chi connectivity index (χ0n) is 20.2. The minimum Gasteiger partial charge on any atom is -0.481 e. The van der Waals surface area contributed by atoms with Crippen molar-refractivity contribution in [2.75, 3.05) is 19.6 Å². The molecule has 35 heavy (non-hydrogen) atoms. The molecule has 180 valence electrons. The van der Waals surface area contributed by atoms with E-state index in [9.17, 15) is 4.79 Å². The number of carboxylic acids is 1. The van der Waals surface area contributed by atoms with Gasteiger partial charge in [-0.2, -0.15) is 10.1 Å². The number of aryl methyl sites for hydroxylation is 3. The van der Waals surface area contributed by atoms with Crippen LogP contribution in [0.3, 0.4) is 0 Å². The predicted molar refractivity (Wildman–Crippen MR) is 133 cm³/mol. The first-order valence-electron chi connectivity index (χ1n) is 12.0. The van der Waals surface area contributed by atoms with Crippen LogP contribution in [0.25, 0.3) is 34.2 Å². The van der Waals surface area contributed by atoms with E-state index in [0.29, 0.717) is 30.5 Å². The summed E-state index contributed by atoms with van der Waals surface area (Å²) >= 11 is 0. The second-order valence-electron chi connectivity index (χ2n) is 9.15. The molecule has 1 fully saturated rings. The van der Waals surface area contributed by atoms with Crippen LogP contribution in [0.1, 0.15) is 23.6 Å². The van der Waals surface area contributed by atoms with E-state index in [2.05, 4.69) is 65.2 Å². The van der Waals surface area contributed by atoms with Crippen molar-refractivity contribution in [3.8, 4) is 34.2 Å². The van der Waals surface area contributed by atoms with Crippen LogP contribution in [0, 0.1) is 19.8 Å². The Morgan fingerprint density at radius 2 is 1.80 bits per heavy atom. The van der Waals surface area contributed by atoms with Gasteiger partial charge in [0, 0.05) is 31.7 Å². The van der Waals surface area contributed by atoms with Gasteiger partial charge in [-0.1, -0.05) is 35.5 Å². The van der Waals surface area contributed by atoms with E-state index in [4.69, 9.17) is 9.63 Å². The number of hydrogen-bond donors (Lipinski definition) is 1. The summed E-state index contributed by atoms with van der Waals surface area (Å²) in [4.78, 5) is 17.9. The van der Waals surface area contributed by atoms with Gasteiger partial charge in [-0.15, -0.1) is 0 Å². The van der Waals surface area contributed by atoms with Gasteiger partial charge in [0.1, 0.15) is 0 Å². The first-order chi connectivity index (χ1) is 16.9. The quantitative estimate of drug-likeness (QED) is 0.405. The molecule has 1 saturated heterocycles. The minimum atomic E-state index is -0.699. The third kappa shape index (κ3) is 4.61. The number of hydrogen-bond acceptors (Lipinski definition) is 6. The standard InChI is InChI=1S/C27H29N5O3/c1-4-32-24(19-8-6-5-7-9-19)14-23(29-32)26-28-25(30-35-26)20-12-17(2)22(18(3)13-20)10-11-31-15-21(16-31)27(33)34/h5-9,12-14,21H,4,10-11,15-16H2,1-3H3,(H,33,34). The van der Waals surface area contributed by atoms with Gasteiger partial charge in [0.15, 0.2) is 5.69 Å². The van der Waals surface area contributed by atoms with E-state index in [1.165, 1.54) is 16.7 Å². The van der Waals surface area contributed by atoms with Gasteiger partial charge in [-0.05, 0) is 67.6 Å². The van der Waals surface area contributed by atoms with Crippen molar-refractivity contribution in [3.05, 3.63) is 65.2 Å². The first kappa shape index (κ1) is 23.0. The molecule has 3 heterocycles. The molecule has 8 nitrogen and oxygen atoms in total. The molecule has 0 bridgehead atoms. The molecule has 1 aliphatic heterocycles. The Kier molecular flexibility index (Phi) is 6.21. The maximum atomic E-state index is 11.0. The molecule has 1 N–H and O–H groups in total. The van der Waals surface area contributed by atoms with Crippen LogP contribution in [0.4, 0.5) is 0 Å². The van der Waals surface area contributed by atoms with Crippen molar-refractivity contribution >= 4 is 5.97 Å². The Labute approximate surface area is 204 Å². The van der Waals surface area contributed by atoms with Crippen molar-refractivity contribution in [2.45, 2.75) is 33.7 Å². The van der Waals surface area contributed by atoms with Crippen LogP contribution in [0.2, 0.25) is 0 Å². The molecule has 8 heteroatoms. The Balaban J connectivity index is 1.33. The highest BCUT2D eigenvalue weighted by Gasteiger charge is 2.32. The van der Waals surface area contributed by atoms with Crippen molar-refractivity contribution in [3.63, 3.8) is 0 Å². The lowest BCUT2D eigenvalue weighted by molar-refractivity contribution is -0.147. The summed E-state index contributed by atoms with van der Waals surface area (Å²) in [6.07, 6.45) is 0.887. The molecule has 1 aliphatic rings. The van der Waals surface area contributed by atoms with Crippen molar-refractivity contribution < 1.29 is 14.4 Å². The summed E-state index contributed by atoms with van der Waals surface area (Å²) in [6.45, 7) is 9.12. The molecule has 5 rings (SSSR count). The lowest BCUT2D eigenvalue weighted by Gasteiger charge is -2.36. The average Bonchev–Trinajstić information content (AvgIpc) is 3.47. The van der Waals surface area contributed by atoms with Gasteiger partial charge in [0.05, 0.1) is 11.6 Å². The van der Waals surface area contributed by atoms with Crippen LogP contribution in [-0.4, -0.2) is 55.5 Å². The highest BCUT2D eigenvalue weighted by molar-refractivity contribution is 5.71. The van der Waals surface area contributed by atoms with Gasteiger partial charge in [-0.25, -0.2) is 0 Å². The van der Waals surface area contributed by atoms with Gasteiger partial charge in [0.2, 0.25) is 5.82 Å². The third-order valence-corrected chi connectivity index (χ3v) is 6.73. The summed E-state index contributed by atoms with van der Waals surface area (Å²) in [6, 6.07) is 16.3. The fourth-order valence-electron chi connectivity index (χ4n) is 4.74. The Bertz CT molecular complexity index is 1330. The van der Waals surface area contributed by atoms with E-state index in [1.54, 1.807) is 0 Å². The Morgan fingerprint density at radius 3 is 2.46 bits per heavy atom. The lowest BCUT2D eigenvalue weighted by Crippen LogP contribution is -2.50. The fourth-order valence-corrected chi connectivity index (χ4v) is 4.74. The number of aliphatic carboxylic acids is 1. The van der Waals surface area contributed by atoms with Crippen LogP contribution in [0.15, 0.2) is 53.1 Å². The van der Waals surface area contributed by atoms with Crippen molar-refractivity contribution in [2.24, 2.45) is 5.92 Å². The maximum absolute atomic E-state index is 11.0. The topological polar surface area (TPSA) is 97.3 Å². The molecule has 0 aliphatic carbocycles. The number of nitrogens with zero attached hydrogens (tertiary/aromatic N) is 5. The van der Waals surface area contributed by atoms with E-state index in [-0.39, 0.29) is 5.92 Å². The zero-order valence-corrected chi connectivity index (χ0v) is 20.2. The molecule has 0 amide bonds. The Morgan fingerprint density at radius 1 is 1.09 bits per heavy atom. The maximum Gasteiger partial charge on any atom is 0.309 e. The summed E-state index contributed by atoms with van der Waals surface area (Å²) in [5.74, 6) is 0.0151. The average molecular weight is 472 g/mol. The van der Waals surface area contributed by atoms with E-state index in [0.717, 1.165) is 36.3 Å².